The zero-order valence-corrected chi connectivity index (χ0v) is 15.5. The van der Waals surface area contributed by atoms with Crippen molar-refractivity contribution in [2.24, 2.45) is 0 Å². The average Bonchev–Trinajstić information content (AvgIpc) is 3.33. The van der Waals surface area contributed by atoms with E-state index in [9.17, 15) is 4.79 Å². The van der Waals surface area contributed by atoms with Crippen molar-refractivity contribution in [1.82, 2.24) is 29.4 Å². The fraction of sp³-hybridized carbons (Fsp3) is 0.412. The van der Waals surface area contributed by atoms with E-state index in [1.54, 1.807) is 34.3 Å². The number of piperazine rings is 1. The minimum absolute atomic E-state index is 0.0854. The van der Waals surface area contributed by atoms with Gasteiger partial charge in [-0.2, -0.15) is 5.10 Å². The highest BCUT2D eigenvalue weighted by atomic mass is 32.1. The first-order chi connectivity index (χ1) is 12.7. The lowest BCUT2D eigenvalue weighted by atomic mass is 10.3. The molecular formula is C17H21N7OS. The van der Waals surface area contributed by atoms with E-state index in [0.29, 0.717) is 12.4 Å². The molecule has 1 saturated heterocycles. The van der Waals surface area contributed by atoms with Crippen LogP contribution in [-0.2, 0) is 6.54 Å². The maximum Gasteiger partial charge on any atom is 0.266 e. The van der Waals surface area contributed by atoms with Crippen LogP contribution in [0.2, 0.25) is 0 Å². The Hall–Kier alpha value is -2.52. The molecule has 9 heteroatoms. The summed E-state index contributed by atoms with van der Waals surface area (Å²) in [6.45, 7) is 7.26. The fourth-order valence-corrected chi connectivity index (χ4v) is 3.87. The molecule has 0 saturated carbocycles. The van der Waals surface area contributed by atoms with Gasteiger partial charge in [-0.3, -0.25) is 9.69 Å². The van der Waals surface area contributed by atoms with Gasteiger partial charge >= 0.3 is 0 Å². The number of rotatable bonds is 5. The number of aromatic nitrogens is 5. The van der Waals surface area contributed by atoms with Gasteiger partial charge in [0.15, 0.2) is 10.9 Å². The van der Waals surface area contributed by atoms with E-state index in [2.05, 4.69) is 30.4 Å². The van der Waals surface area contributed by atoms with Gasteiger partial charge in [0.2, 0.25) is 0 Å². The van der Waals surface area contributed by atoms with Crippen molar-refractivity contribution in [3.63, 3.8) is 0 Å². The van der Waals surface area contributed by atoms with Gasteiger partial charge in [-0.05, 0) is 19.1 Å². The summed E-state index contributed by atoms with van der Waals surface area (Å²) in [4.78, 5) is 21.3. The van der Waals surface area contributed by atoms with Gasteiger partial charge in [0.1, 0.15) is 0 Å². The number of aryl methyl sites for hydroxylation is 1. The standard InChI is InChI=1S/C17H21N7OS/c1-14-13-26-17(19-14)22-10-7-21(8-11-22)9-12-24-16(25)4-3-15(20-24)23-6-2-5-18-23/h2-6,13H,7-12H2,1H3. The Morgan fingerprint density at radius 1 is 1.15 bits per heavy atom. The lowest BCUT2D eigenvalue weighted by molar-refractivity contribution is 0.242. The molecule has 0 N–H and O–H groups in total. The number of nitrogens with zero attached hydrogens (tertiary/aromatic N) is 7. The van der Waals surface area contributed by atoms with E-state index >= 15 is 0 Å². The summed E-state index contributed by atoms with van der Waals surface area (Å²) >= 11 is 1.70. The summed E-state index contributed by atoms with van der Waals surface area (Å²) in [5.41, 5.74) is 0.993. The largest absolute Gasteiger partial charge is 0.346 e. The van der Waals surface area contributed by atoms with Crippen LogP contribution in [0, 0.1) is 6.92 Å². The van der Waals surface area contributed by atoms with Crippen LogP contribution in [0.15, 0.2) is 40.8 Å². The van der Waals surface area contributed by atoms with Crippen molar-refractivity contribution in [2.45, 2.75) is 13.5 Å². The summed E-state index contributed by atoms with van der Waals surface area (Å²) in [5.74, 6) is 0.651. The quantitative estimate of drug-likeness (QED) is 0.667. The molecule has 4 heterocycles. The second kappa shape index (κ2) is 7.38. The Labute approximate surface area is 155 Å². The molecule has 0 amide bonds. The zero-order chi connectivity index (χ0) is 17.9. The predicted octanol–water partition coefficient (Wildman–Crippen LogP) is 1.02. The third-order valence-electron chi connectivity index (χ3n) is 4.47. The SMILES string of the molecule is Cc1csc(N2CCN(CCn3nc(-n4cccn4)ccc3=O)CC2)n1. The summed E-state index contributed by atoms with van der Waals surface area (Å²) < 4.78 is 3.18. The maximum atomic E-state index is 12.1. The fourth-order valence-electron chi connectivity index (χ4n) is 3.01. The minimum atomic E-state index is -0.0854. The molecule has 0 bridgehead atoms. The van der Waals surface area contributed by atoms with Crippen LogP contribution in [0.3, 0.4) is 0 Å². The van der Waals surface area contributed by atoms with Gasteiger partial charge in [-0.1, -0.05) is 0 Å². The van der Waals surface area contributed by atoms with Gasteiger partial charge < -0.3 is 4.90 Å². The van der Waals surface area contributed by atoms with Crippen LogP contribution in [0.1, 0.15) is 5.69 Å². The number of hydrogen-bond acceptors (Lipinski definition) is 7. The normalized spacial score (nSPS) is 15.5. The van der Waals surface area contributed by atoms with Crippen molar-refractivity contribution in [1.29, 1.82) is 0 Å². The van der Waals surface area contributed by atoms with Crippen molar-refractivity contribution >= 4 is 16.5 Å². The smallest absolute Gasteiger partial charge is 0.266 e. The van der Waals surface area contributed by atoms with Crippen molar-refractivity contribution in [3.8, 4) is 5.82 Å². The molecule has 3 aromatic rings. The molecule has 1 aliphatic heterocycles. The molecule has 26 heavy (non-hydrogen) atoms. The molecule has 0 aliphatic carbocycles. The van der Waals surface area contributed by atoms with Gasteiger partial charge in [0.05, 0.1) is 12.2 Å². The van der Waals surface area contributed by atoms with Crippen molar-refractivity contribution in [3.05, 3.63) is 52.0 Å². The number of thiazole rings is 1. The second-order valence-electron chi connectivity index (χ2n) is 6.30. The number of anilines is 1. The molecule has 3 aromatic heterocycles. The van der Waals surface area contributed by atoms with Crippen molar-refractivity contribution < 1.29 is 0 Å². The van der Waals surface area contributed by atoms with E-state index in [0.717, 1.165) is 43.5 Å². The molecule has 4 rings (SSSR count). The Morgan fingerprint density at radius 2 is 2.00 bits per heavy atom. The highest BCUT2D eigenvalue weighted by molar-refractivity contribution is 7.13. The summed E-state index contributed by atoms with van der Waals surface area (Å²) in [6.07, 6.45) is 3.51. The lowest BCUT2D eigenvalue weighted by Crippen LogP contribution is -2.47. The van der Waals surface area contributed by atoms with Crippen LogP contribution in [0.5, 0.6) is 0 Å². The molecule has 1 aliphatic rings. The lowest BCUT2D eigenvalue weighted by Gasteiger charge is -2.34. The van der Waals surface area contributed by atoms with E-state index < -0.39 is 0 Å². The third-order valence-corrected chi connectivity index (χ3v) is 5.49. The molecule has 0 radical (unpaired) electrons. The average molecular weight is 371 g/mol. The topological polar surface area (TPSA) is 72.1 Å². The summed E-state index contributed by atoms with van der Waals surface area (Å²) in [6, 6.07) is 5.08. The molecule has 0 aromatic carbocycles. The Morgan fingerprint density at radius 3 is 2.69 bits per heavy atom. The van der Waals surface area contributed by atoms with Crippen LogP contribution in [0.25, 0.3) is 5.82 Å². The number of hydrogen-bond donors (Lipinski definition) is 0. The molecule has 136 valence electrons. The van der Waals surface area contributed by atoms with Gasteiger partial charge in [0.25, 0.3) is 5.56 Å². The highest BCUT2D eigenvalue weighted by Gasteiger charge is 2.19. The van der Waals surface area contributed by atoms with E-state index in [1.807, 2.05) is 19.2 Å². The van der Waals surface area contributed by atoms with Crippen molar-refractivity contribution in [2.75, 3.05) is 37.6 Å². The Balaban J connectivity index is 1.35. The molecule has 1 fully saturated rings. The predicted molar refractivity (Wildman–Crippen MR) is 101 cm³/mol. The van der Waals surface area contributed by atoms with E-state index in [4.69, 9.17) is 0 Å². The Kier molecular flexibility index (Phi) is 4.81. The third kappa shape index (κ3) is 3.68. The van der Waals surface area contributed by atoms with Crippen LogP contribution in [0.4, 0.5) is 5.13 Å². The minimum Gasteiger partial charge on any atom is -0.346 e. The molecule has 0 unspecified atom stereocenters. The summed E-state index contributed by atoms with van der Waals surface area (Å²) in [7, 11) is 0. The van der Waals surface area contributed by atoms with Crippen LogP contribution >= 0.6 is 11.3 Å². The zero-order valence-electron chi connectivity index (χ0n) is 14.7. The van der Waals surface area contributed by atoms with Gasteiger partial charge in [-0.25, -0.2) is 14.3 Å². The van der Waals surface area contributed by atoms with Gasteiger partial charge in [0, 0.05) is 56.6 Å². The second-order valence-corrected chi connectivity index (χ2v) is 7.14. The molecular weight excluding hydrogens is 350 g/mol. The first kappa shape index (κ1) is 16.9. The molecule has 0 atom stereocenters. The molecule has 0 spiro atoms. The van der Waals surface area contributed by atoms with Gasteiger partial charge in [-0.15, -0.1) is 16.4 Å². The van der Waals surface area contributed by atoms with Crippen LogP contribution < -0.4 is 10.5 Å². The first-order valence-corrected chi connectivity index (χ1v) is 9.55. The van der Waals surface area contributed by atoms with Crippen LogP contribution in [-0.4, -0.2) is 62.2 Å². The molecule has 8 nitrogen and oxygen atoms in total. The first-order valence-electron chi connectivity index (χ1n) is 8.67. The highest BCUT2D eigenvalue weighted by Crippen LogP contribution is 2.21. The summed E-state index contributed by atoms with van der Waals surface area (Å²) in [5, 5.41) is 11.8. The monoisotopic (exact) mass is 371 g/mol. The Bertz CT molecular complexity index is 909. The maximum absolute atomic E-state index is 12.1. The van der Waals surface area contributed by atoms with E-state index in [-0.39, 0.29) is 5.56 Å². The van der Waals surface area contributed by atoms with E-state index in [1.165, 1.54) is 4.68 Å².